The molecule has 1 amide bonds. The van der Waals surface area contributed by atoms with E-state index in [-0.39, 0.29) is 30.5 Å². The average molecular weight is 285 g/mol. The van der Waals surface area contributed by atoms with Gasteiger partial charge in [-0.2, -0.15) is 0 Å². The molecular formula is C14H23NO5. The van der Waals surface area contributed by atoms with Crippen LogP contribution in [0.4, 0.5) is 4.79 Å². The lowest BCUT2D eigenvalue weighted by Gasteiger charge is -2.43. The number of fused-ring (bicyclic) bond motifs is 1. The maximum atomic E-state index is 12.1. The number of aliphatic hydroxyl groups excluding tert-OH is 1. The highest BCUT2D eigenvalue weighted by molar-refractivity contribution is 5.71. The predicted molar refractivity (Wildman–Crippen MR) is 71.0 cm³/mol. The number of piperidine rings is 1. The summed E-state index contributed by atoms with van der Waals surface area (Å²) >= 11 is 0. The van der Waals surface area contributed by atoms with Crippen LogP contribution in [0.3, 0.4) is 0 Å². The normalized spacial score (nSPS) is 30.5. The third-order valence-corrected chi connectivity index (χ3v) is 3.83. The number of likely N-dealkylation sites (tertiary alicyclic amines) is 1. The zero-order valence-corrected chi connectivity index (χ0v) is 12.3. The Morgan fingerprint density at radius 1 is 1.50 bits per heavy atom. The summed E-state index contributed by atoms with van der Waals surface area (Å²) in [6.45, 7) is 6.35. The fourth-order valence-corrected chi connectivity index (χ4v) is 2.89. The van der Waals surface area contributed by atoms with Crippen LogP contribution in [0.5, 0.6) is 0 Å². The van der Waals surface area contributed by atoms with Crippen molar-refractivity contribution in [2.75, 3.05) is 19.7 Å². The molecule has 0 bridgehead atoms. The highest BCUT2D eigenvalue weighted by Crippen LogP contribution is 2.35. The summed E-state index contributed by atoms with van der Waals surface area (Å²) < 4.78 is 10.5. The van der Waals surface area contributed by atoms with Gasteiger partial charge in [-0.3, -0.25) is 4.79 Å². The molecule has 0 saturated carbocycles. The molecule has 0 spiro atoms. The molecule has 0 radical (unpaired) electrons. The van der Waals surface area contributed by atoms with Crippen LogP contribution in [0.25, 0.3) is 0 Å². The molecule has 2 heterocycles. The zero-order valence-electron chi connectivity index (χ0n) is 12.3. The molecule has 2 rings (SSSR count). The predicted octanol–water partition coefficient (Wildman–Crippen LogP) is 1.17. The number of carbonyl (C=O) groups is 2. The Balaban J connectivity index is 2.01. The van der Waals surface area contributed by atoms with E-state index >= 15 is 0 Å². The van der Waals surface area contributed by atoms with Crippen LogP contribution in [0.1, 0.15) is 33.6 Å². The molecule has 1 N–H and O–H groups in total. The van der Waals surface area contributed by atoms with Gasteiger partial charge in [0.25, 0.3) is 0 Å². The van der Waals surface area contributed by atoms with Crippen molar-refractivity contribution in [2.45, 2.75) is 45.3 Å². The van der Waals surface area contributed by atoms with Gasteiger partial charge in [-0.1, -0.05) is 0 Å². The Bertz CT molecular complexity index is 380. The molecule has 0 aromatic rings. The van der Waals surface area contributed by atoms with Crippen molar-refractivity contribution in [2.24, 2.45) is 11.8 Å². The fourth-order valence-electron chi connectivity index (χ4n) is 2.89. The number of hydrogen-bond donors (Lipinski definition) is 1. The lowest BCUT2D eigenvalue weighted by Crippen LogP contribution is -2.53. The van der Waals surface area contributed by atoms with E-state index in [1.165, 1.54) is 0 Å². The molecule has 2 fully saturated rings. The molecule has 0 aromatic heterocycles. The monoisotopic (exact) mass is 285 g/mol. The minimum atomic E-state index is -0.524. The van der Waals surface area contributed by atoms with Crippen molar-refractivity contribution in [3.05, 3.63) is 0 Å². The molecule has 6 heteroatoms. The third kappa shape index (κ3) is 3.42. The van der Waals surface area contributed by atoms with Gasteiger partial charge in [-0.05, 0) is 33.1 Å². The number of nitrogens with zero attached hydrogens (tertiary/aromatic N) is 1. The van der Waals surface area contributed by atoms with Gasteiger partial charge in [-0.15, -0.1) is 0 Å². The maximum absolute atomic E-state index is 12.1. The van der Waals surface area contributed by atoms with Crippen molar-refractivity contribution in [3.63, 3.8) is 0 Å². The second kappa shape index (κ2) is 5.60. The van der Waals surface area contributed by atoms with Crippen molar-refractivity contribution >= 4 is 12.1 Å². The smallest absolute Gasteiger partial charge is 0.410 e. The first-order valence-electron chi connectivity index (χ1n) is 7.08. The van der Waals surface area contributed by atoms with E-state index in [0.717, 1.165) is 6.42 Å². The van der Waals surface area contributed by atoms with Gasteiger partial charge in [0.15, 0.2) is 0 Å². The van der Waals surface area contributed by atoms with Crippen LogP contribution in [0.15, 0.2) is 0 Å². The highest BCUT2D eigenvalue weighted by Gasteiger charge is 2.43. The first-order valence-corrected chi connectivity index (χ1v) is 7.08. The Morgan fingerprint density at radius 2 is 2.20 bits per heavy atom. The SMILES string of the molecule is CC(C)(C)OC(=O)N1CC[C@H]2CC(=O)OC(CO)[C@H]2C1. The third-order valence-electron chi connectivity index (χ3n) is 3.83. The summed E-state index contributed by atoms with van der Waals surface area (Å²) in [6.07, 6.45) is 0.273. The lowest BCUT2D eigenvalue weighted by atomic mass is 9.78. The summed E-state index contributed by atoms with van der Waals surface area (Å²) in [6, 6.07) is 0. The molecule has 3 atom stereocenters. The number of rotatable bonds is 1. The highest BCUT2D eigenvalue weighted by atomic mass is 16.6. The van der Waals surface area contributed by atoms with E-state index in [9.17, 15) is 14.7 Å². The number of carbonyl (C=O) groups excluding carboxylic acids is 2. The van der Waals surface area contributed by atoms with Gasteiger partial charge in [-0.25, -0.2) is 4.79 Å². The van der Waals surface area contributed by atoms with Crippen molar-refractivity contribution < 1.29 is 24.2 Å². The van der Waals surface area contributed by atoms with Crippen molar-refractivity contribution in [3.8, 4) is 0 Å². The molecule has 6 nitrogen and oxygen atoms in total. The topological polar surface area (TPSA) is 76.1 Å². The first-order chi connectivity index (χ1) is 9.30. The summed E-state index contributed by atoms with van der Waals surface area (Å²) in [4.78, 5) is 25.2. The van der Waals surface area contributed by atoms with Crippen LogP contribution in [0.2, 0.25) is 0 Å². The maximum Gasteiger partial charge on any atom is 0.410 e. The molecule has 2 aliphatic heterocycles. The minimum absolute atomic E-state index is 0.000955. The molecule has 0 aromatic carbocycles. The molecule has 114 valence electrons. The fraction of sp³-hybridized carbons (Fsp3) is 0.857. The lowest BCUT2D eigenvalue weighted by molar-refractivity contribution is -0.170. The van der Waals surface area contributed by atoms with E-state index in [2.05, 4.69) is 0 Å². The number of esters is 1. The molecule has 1 unspecified atom stereocenters. The second-order valence-corrected chi connectivity index (χ2v) is 6.55. The minimum Gasteiger partial charge on any atom is -0.460 e. The quantitative estimate of drug-likeness (QED) is 0.732. The van der Waals surface area contributed by atoms with Gasteiger partial charge in [0, 0.05) is 25.4 Å². The average Bonchev–Trinajstić information content (AvgIpc) is 2.35. The van der Waals surface area contributed by atoms with Crippen molar-refractivity contribution in [1.82, 2.24) is 4.90 Å². The van der Waals surface area contributed by atoms with Crippen LogP contribution in [0, 0.1) is 11.8 Å². The Hall–Kier alpha value is -1.30. The Labute approximate surface area is 119 Å². The van der Waals surface area contributed by atoms with Crippen LogP contribution >= 0.6 is 0 Å². The largest absolute Gasteiger partial charge is 0.460 e. The van der Waals surface area contributed by atoms with Gasteiger partial charge in [0.05, 0.1) is 6.61 Å². The molecule has 0 aliphatic carbocycles. The summed E-state index contributed by atoms with van der Waals surface area (Å²) in [5.41, 5.74) is -0.524. The van der Waals surface area contributed by atoms with Gasteiger partial charge in [0.2, 0.25) is 0 Å². The molecule has 2 saturated heterocycles. The Kier molecular flexibility index (Phi) is 4.22. The van der Waals surface area contributed by atoms with E-state index < -0.39 is 11.7 Å². The number of hydrogen-bond acceptors (Lipinski definition) is 5. The van der Waals surface area contributed by atoms with Gasteiger partial charge in [0.1, 0.15) is 11.7 Å². The number of cyclic esters (lactones) is 1. The zero-order chi connectivity index (χ0) is 14.9. The summed E-state index contributed by atoms with van der Waals surface area (Å²) in [5.74, 6) is -0.0675. The number of aliphatic hydroxyl groups is 1. The van der Waals surface area contributed by atoms with Crippen LogP contribution < -0.4 is 0 Å². The number of amides is 1. The van der Waals surface area contributed by atoms with E-state index in [1.54, 1.807) is 4.90 Å². The van der Waals surface area contributed by atoms with E-state index in [4.69, 9.17) is 9.47 Å². The Morgan fingerprint density at radius 3 is 2.80 bits per heavy atom. The van der Waals surface area contributed by atoms with Gasteiger partial charge < -0.3 is 19.5 Å². The molecule has 2 aliphatic rings. The van der Waals surface area contributed by atoms with Crippen LogP contribution in [-0.2, 0) is 14.3 Å². The van der Waals surface area contributed by atoms with Crippen LogP contribution in [-0.4, -0.2) is 53.5 Å². The van der Waals surface area contributed by atoms with Crippen molar-refractivity contribution in [1.29, 1.82) is 0 Å². The second-order valence-electron chi connectivity index (χ2n) is 6.55. The standard InChI is InChI=1S/C14H23NO5/c1-14(2,3)20-13(18)15-5-4-9-6-12(17)19-11(8-16)10(9)7-15/h9-11,16H,4-8H2,1-3H3/t9-,10-,11?/m0/s1. The van der Waals surface area contributed by atoms with Gasteiger partial charge >= 0.3 is 12.1 Å². The summed E-state index contributed by atoms with van der Waals surface area (Å²) in [7, 11) is 0. The molecular weight excluding hydrogens is 262 g/mol. The van der Waals surface area contributed by atoms with E-state index in [0.29, 0.717) is 19.5 Å². The van der Waals surface area contributed by atoms with E-state index in [1.807, 2.05) is 20.8 Å². The molecule has 20 heavy (non-hydrogen) atoms. The first kappa shape index (κ1) is 15.1. The number of ether oxygens (including phenoxy) is 2. The summed E-state index contributed by atoms with van der Waals surface area (Å²) in [5, 5.41) is 9.35.